The molecule has 0 aromatic heterocycles. The summed E-state index contributed by atoms with van der Waals surface area (Å²) in [5.41, 5.74) is 0. The summed E-state index contributed by atoms with van der Waals surface area (Å²) in [6, 6.07) is 0. The minimum absolute atomic E-state index is 0.115. The van der Waals surface area contributed by atoms with Crippen molar-refractivity contribution in [1.82, 2.24) is 0 Å². The van der Waals surface area contributed by atoms with E-state index in [1.165, 1.54) is 0 Å². The van der Waals surface area contributed by atoms with Crippen LogP contribution in [0.1, 0.15) is 26.2 Å². The molecule has 1 fully saturated rings. The van der Waals surface area contributed by atoms with Crippen molar-refractivity contribution in [2.75, 3.05) is 5.75 Å². The summed E-state index contributed by atoms with van der Waals surface area (Å²) in [7, 11) is -3.03. The quantitative estimate of drug-likeness (QED) is 0.736. The zero-order valence-corrected chi connectivity index (χ0v) is 8.38. The smallest absolute Gasteiger partial charge is 0.306 e. The van der Waals surface area contributed by atoms with E-state index in [0.717, 1.165) is 0 Å². The van der Waals surface area contributed by atoms with Gasteiger partial charge in [0.05, 0.1) is 11.2 Å². The van der Waals surface area contributed by atoms with Crippen LogP contribution in [0.3, 0.4) is 0 Å². The molecular weight excluding hydrogens is 192 g/mol. The molecule has 76 valence electrons. The number of rotatable bonds is 3. The highest BCUT2D eigenvalue weighted by Gasteiger charge is 2.36. The van der Waals surface area contributed by atoms with Crippen LogP contribution in [-0.4, -0.2) is 30.5 Å². The van der Waals surface area contributed by atoms with Crippen LogP contribution in [0.25, 0.3) is 0 Å². The van der Waals surface area contributed by atoms with E-state index in [-0.39, 0.29) is 5.75 Å². The Labute approximate surface area is 77.9 Å². The third-order valence-corrected chi connectivity index (χ3v) is 4.89. The lowest BCUT2D eigenvalue weighted by Gasteiger charge is -2.08. The molecule has 0 aliphatic heterocycles. The van der Waals surface area contributed by atoms with Crippen molar-refractivity contribution in [2.24, 2.45) is 5.92 Å². The van der Waals surface area contributed by atoms with Crippen molar-refractivity contribution in [3.8, 4) is 0 Å². The maximum atomic E-state index is 11.4. The summed E-state index contributed by atoms with van der Waals surface area (Å²) in [5, 5.41) is 8.26. The Kier molecular flexibility index (Phi) is 2.95. The van der Waals surface area contributed by atoms with Gasteiger partial charge in [0, 0.05) is 5.75 Å². The molecule has 0 heterocycles. The number of carboxylic acid groups (broad SMARTS) is 1. The Morgan fingerprint density at radius 2 is 2.08 bits per heavy atom. The topological polar surface area (TPSA) is 71.4 Å². The summed E-state index contributed by atoms with van der Waals surface area (Å²) < 4.78 is 22.8. The summed E-state index contributed by atoms with van der Waals surface area (Å²) in [6.07, 6.45) is 1.30. The minimum atomic E-state index is -3.03. The molecule has 0 bridgehead atoms. The molecule has 5 heteroatoms. The van der Waals surface area contributed by atoms with Crippen LogP contribution < -0.4 is 0 Å². The number of hydrogen-bond donors (Lipinski definition) is 1. The molecule has 0 saturated heterocycles. The third-order valence-electron chi connectivity index (χ3n) is 2.64. The first-order valence-corrected chi connectivity index (χ1v) is 6.13. The lowest BCUT2D eigenvalue weighted by atomic mass is 10.1. The average Bonchev–Trinajstić information content (AvgIpc) is 2.52. The first-order chi connectivity index (χ1) is 5.97. The summed E-state index contributed by atoms with van der Waals surface area (Å²) >= 11 is 0. The Morgan fingerprint density at radius 1 is 1.46 bits per heavy atom. The van der Waals surface area contributed by atoms with Crippen molar-refractivity contribution in [3.63, 3.8) is 0 Å². The molecule has 4 nitrogen and oxygen atoms in total. The Hall–Kier alpha value is -0.580. The second kappa shape index (κ2) is 3.65. The van der Waals surface area contributed by atoms with Crippen molar-refractivity contribution in [1.29, 1.82) is 0 Å². The SMILES string of the molecule is CCS(=O)(=O)C1CCC(C(=O)O)C1. The van der Waals surface area contributed by atoms with Gasteiger partial charge in [0.2, 0.25) is 0 Å². The normalized spacial score (nSPS) is 29.0. The molecule has 2 atom stereocenters. The predicted octanol–water partition coefficient (Wildman–Crippen LogP) is 0.674. The molecule has 1 N–H and O–H groups in total. The van der Waals surface area contributed by atoms with Crippen LogP contribution in [-0.2, 0) is 14.6 Å². The molecule has 1 saturated carbocycles. The molecular formula is C8H14O4S. The first-order valence-electron chi connectivity index (χ1n) is 4.41. The van der Waals surface area contributed by atoms with Gasteiger partial charge >= 0.3 is 5.97 Å². The fourth-order valence-electron chi connectivity index (χ4n) is 1.73. The van der Waals surface area contributed by atoms with Crippen LogP contribution in [0.15, 0.2) is 0 Å². The maximum absolute atomic E-state index is 11.4. The number of carbonyl (C=O) groups is 1. The van der Waals surface area contributed by atoms with Crippen LogP contribution in [0.2, 0.25) is 0 Å². The van der Waals surface area contributed by atoms with Gasteiger partial charge in [-0.25, -0.2) is 8.42 Å². The van der Waals surface area contributed by atoms with Crippen molar-refractivity contribution >= 4 is 15.8 Å². The molecule has 0 spiro atoms. The maximum Gasteiger partial charge on any atom is 0.306 e. The van der Waals surface area contributed by atoms with E-state index in [1.54, 1.807) is 6.92 Å². The van der Waals surface area contributed by atoms with Crippen molar-refractivity contribution in [2.45, 2.75) is 31.4 Å². The molecule has 1 aliphatic carbocycles. The number of aliphatic carboxylic acids is 1. The molecule has 0 aromatic rings. The second-order valence-electron chi connectivity index (χ2n) is 3.42. The molecule has 0 radical (unpaired) electrons. The van der Waals surface area contributed by atoms with Gasteiger partial charge in [-0.1, -0.05) is 6.92 Å². The highest BCUT2D eigenvalue weighted by molar-refractivity contribution is 7.92. The number of sulfone groups is 1. The van der Waals surface area contributed by atoms with Crippen LogP contribution in [0, 0.1) is 5.92 Å². The van der Waals surface area contributed by atoms with Gasteiger partial charge in [0.25, 0.3) is 0 Å². The van der Waals surface area contributed by atoms with E-state index < -0.39 is 27.0 Å². The molecule has 0 amide bonds. The van der Waals surface area contributed by atoms with Gasteiger partial charge in [-0.3, -0.25) is 4.79 Å². The van der Waals surface area contributed by atoms with Gasteiger partial charge in [0.1, 0.15) is 0 Å². The third kappa shape index (κ3) is 2.21. The van der Waals surface area contributed by atoms with Crippen LogP contribution in [0.5, 0.6) is 0 Å². The molecule has 2 unspecified atom stereocenters. The first kappa shape index (κ1) is 10.5. The fraction of sp³-hybridized carbons (Fsp3) is 0.875. The van der Waals surface area contributed by atoms with Gasteiger partial charge < -0.3 is 5.11 Å². The van der Waals surface area contributed by atoms with E-state index in [1.807, 2.05) is 0 Å². The van der Waals surface area contributed by atoms with E-state index in [4.69, 9.17) is 5.11 Å². The Balaban J connectivity index is 2.65. The summed E-state index contributed by atoms with van der Waals surface area (Å²) in [6.45, 7) is 1.60. The summed E-state index contributed by atoms with van der Waals surface area (Å²) in [5.74, 6) is -1.20. The van der Waals surface area contributed by atoms with Gasteiger partial charge in [0.15, 0.2) is 9.84 Å². The van der Waals surface area contributed by atoms with Gasteiger partial charge in [-0.05, 0) is 19.3 Å². The Bertz CT molecular complexity index is 293. The standard InChI is InChI=1S/C8H14O4S/c1-2-13(11,12)7-4-3-6(5-7)8(9)10/h6-7H,2-5H2,1H3,(H,9,10). The zero-order valence-electron chi connectivity index (χ0n) is 7.56. The monoisotopic (exact) mass is 206 g/mol. The van der Waals surface area contributed by atoms with Crippen molar-refractivity contribution in [3.05, 3.63) is 0 Å². The van der Waals surface area contributed by atoms with E-state index in [0.29, 0.717) is 19.3 Å². The molecule has 13 heavy (non-hydrogen) atoms. The van der Waals surface area contributed by atoms with Crippen LogP contribution >= 0.6 is 0 Å². The molecule has 1 rings (SSSR count). The number of carboxylic acids is 1. The minimum Gasteiger partial charge on any atom is -0.481 e. The Morgan fingerprint density at radius 3 is 2.46 bits per heavy atom. The largest absolute Gasteiger partial charge is 0.481 e. The van der Waals surface area contributed by atoms with Gasteiger partial charge in [-0.2, -0.15) is 0 Å². The average molecular weight is 206 g/mol. The van der Waals surface area contributed by atoms with Gasteiger partial charge in [-0.15, -0.1) is 0 Å². The highest BCUT2D eigenvalue weighted by atomic mass is 32.2. The van der Waals surface area contributed by atoms with Crippen LogP contribution in [0.4, 0.5) is 0 Å². The van der Waals surface area contributed by atoms with E-state index >= 15 is 0 Å². The zero-order chi connectivity index (χ0) is 10.1. The van der Waals surface area contributed by atoms with Crippen molar-refractivity contribution < 1.29 is 18.3 Å². The predicted molar refractivity (Wildman–Crippen MR) is 48.2 cm³/mol. The van der Waals surface area contributed by atoms with E-state index in [9.17, 15) is 13.2 Å². The summed E-state index contributed by atoms with van der Waals surface area (Å²) in [4.78, 5) is 10.6. The number of hydrogen-bond acceptors (Lipinski definition) is 3. The molecule has 1 aliphatic rings. The van der Waals surface area contributed by atoms with E-state index in [2.05, 4.69) is 0 Å². The highest BCUT2D eigenvalue weighted by Crippen LogP contribution is 2.30. The fourth-order valence-corrected chi connectivity index (χ4v) is 3.22. The lowest BCUT2D eigenvalue weighted by Crippen LogP contribution is -2.21. The molecule has 0 aromatic carbocycles. The lowest BCUT2D eigenvalue weighted by molar-refractivity contribution is -0.141. The second-order valence-corrected chi connectivity index (χ2v) is 5.99.